The second-order valence-corrected chi connectivity index (χ2v) is 4.94. The van der Waals surface area contributed by atoms with E-state index in [2.05, 4.69) is 24.2 Å². The van der Waals surface area contributed by atoms with Crippen LogP contribution in [0.15, 0.2) is 18.2 Å². The molecular weight excluding hydrogens is 282 g/mol. The third kappa shape index (κ3) is 2.81. The molecule has 6 nitrogen and oxygen atoms in total. The van der Waals surface area contributed by atoms with Crippen molar-refractivity contribution in [3.8, 4) is 17.2 Å². The van der Waals surface area contributed by atoms with Gasteiger partial charge >= 0.3 is 0 Å². The van der Waals surface area contributed by atoms with Crippen LogP contribution in [0.4, 0.5) is 0 Å². The van der Waals surface area contributed by atoms with Crippen LogP contribution in [-0.4, -0.2) is 35.5 Å². The number of carbonyl (C=O) groups is 1. The van der Waals surface area contributed by atoms with Crippen molar-refractivity contribution in [2.75, 3.05) is 14.2 Å². The summed E-state index contributed by atoms with van der Waals surface area (Å²) in [4.78, 5) is 11.3. The first-order valence-corrected chi connectivity index (χ1v) is 7.33. The van der Waals surface area contributed by atoms with E-state index in [1.54, 1.807) is 18.9 Å². The van der Waals surface area contributed by atoms with Gasteiger partial charge in [0.15, 0.2) is 17.8 Å². The number of carbonyl (C=O) groups excluding carboxylic acids is 1. The zero-order valence-corrected chi connectivity index (χ0v) is 13.4. The smallest absolute Gasteiger partial charge is 0.172 e. The van der Waals surface area contributed by atoms with E-state index in [1.807, 2.05) is 18.2 Å². The molecular formula is C16H21N3O3. The predicted molar refractivity (Wildman–Crippen MR) is 83.2 cm³/mol. The maximum absolute atomic E-state index is 11.3. The first kappa shape index (κ1) is 16.0. The highest BCUT2D eigenvalue weighted by Gasteiger charge is 2.21. The Bertz CT molecular complexity index is 648. The van der Waals surface area contributed by atoms with E-state index in [4.69, 9.17) is 9.47 Å². The lowest BCUT2D eigenvalue weighted by Crippen LogP contribution is -2.09. The Morgan fingerprint density at radius 2 is 1.86 bits per heavy atom. The quantitative estimate of drug-likeness (QED) is 0.736. The molecule has 1 heterocycles. The van der Waals surface area contributed by atoms with Gasteiger partial charge in [0.2, 0.25) is 0 Å². The number of rotatable bonds is 7. The van der Waals surface area contributed by atoms with Crippen molar-refractivity contribution in [1.29, 1.82) is 0 Å². The Hall–Kier alpha value is -2.37. The standard InChI is InChI=1S/C16H21N3O3/c1-5-11(6-2)16-13(10-20)17-18-19(16)12-7-8-14(21-3)15(9-12)22-4/h7-11H,5-6H2,1-4H3. The van der Waals surface area contributed by atoms with Crippen LogP contribution < -0.4 is 9.47 Å². The molecule has 0 bridgehead atoms. The fraction of sp³-hybridized carbons (Fsp3) is 0.438. The van der Waals surface area contributed by atoms with Crippen molar-refractivity contribution in [1.82, 2.24) is 15.0 Å². The number of aromatic nitrogens is 3. The molecule has 0 radical (unpaired) electrons. The van der Waals surface area contributed by atoms with E-state index in [-0.39, 0.29) is 5.92 Å². The fourth-order valence-corrected chi connectivity index (χ4v) is 2.59. The maximum Gasteiger partial charge on any atom is 0.172 e. The number of benzene rings is 1. The number of methoxy groups -OCH3 is 2. The molecule has 0 N–H and O–H groups in total. The fourth-order valence-electron chi connectivity index (χ4n) is 2.59. The minimum atomic E-state index is 0.225. The molecule has 0 saturated carbocycles. The Kier molecular flexibility index (Phi) is 5.14. The number of aldehydes is 1. The van der Waals surface area contributed by atoms with Crippen LogP contribution in [0.5, 0.6) is 11.5 Å². The summed E-state index contributed by atoms with van der Waals surface area (Å²) in [7, 11) is 3.18. The van der Waals surface area contributed by atoms with E-state index in [9.17, 15) is 4.79 Å². The first-order valence-electron chi connectivity index (χ1n) is 7.33. The highest BCUT2D eigenvalue weighted by Crippen LogP contribution is 2.32. The van der Waals surface area contributed by atoms with Crippen LogP contribution in [0, 0.1) is 0 Å². The summed E-state index contributed by atoms with van der Waals surface area (Å²) in [6.45, 7) is 4.18. The molecule has 0 aliphatic carbocycles. The molecule has 0 aliphatic rings. The molecule has 118 valence electrons. The third-order valence-corrected chi connectivity index (χ3v) is 3.83. The van der Waals surface area contributed by atoms with E-state index >= 15 is 0 Å². The number of ether oxygens (including phenoxy) is 2. The topological polar surface area (TPSA) is 66.2 Å². The zero-order chi connectivity index (χ0) is 16.1. The van der Waals surface area contributed by atoms with Gasteiger partial charge in [0.05, 0.1) is 25.6 Å². The number of nitrogens with zero attached hydrogens (tertiary/aromatic N) is 3. The van der Waals surface area contributed by atoms with Gasteiger partial charge in [0.25, 0.3) is 0 Å². The molecule has 22 heavy (non-hydrogen) atoms. The predicted octanol–water partition coefficient (Wildman–Crippen LogP) is 3.00. The van der Waals surface area contributed by atoms with E-state index in [0.717, 1.165) is 30.5 Å². The minimum Gasteiger partial charge on any atom is -0.493 e. The Balaban J connectivity index is 2.57. The van der Waals surface area contributed by atoms with Crippen molar-refractivity contribution in [3.63, 3.8) is 0 Å². The molecule has 2 aromatic rings. The molecule has 2 rings (SSSR count). The van der Waals surface area contributed by atoms with Gasteiger partial charge in [-0.05, 0) is 25.0 Å². The summed E-state index contributed by atoms with van der Waals surface area (Å²) in [5.74, 6) is 1.48. The van der Waals surface area contributed by atoms with Crippen LogP contribution in [0.2, 0.25) is 0 Å². The second-order valence-electron chi connectivity index (χ2n) is 4.94. The van der Waals surface area contributed by atoms with Crippen molar-refractivity contribution >= 4 is 6.29 Å². The molecule has 1 aromatic carbocycles. The molecule has 0 atom stereocenters. The van der Waals surface area contributed by atoms with E-state index in [1.165, 1.54) is 0 Å². The minimum absolute atomic E-state index is 0.225. The molecule has 0 amide bonds. The summed E-state index contributed by atoms with van der Waals surface area (Å²) in [6.07, 6.45) is 2.59. The normalized spacial score (nSPS) is 10.8. The zero-order valence-electron chi connectivity index (χ0n) is 13.4. The van der Waals surface area contributed by atoms with Crippen LogP contribution in [0.3, 0.4) is 0 Å². The van der Waals surface area contributed by atoms with Gasteiger partial charge in [-0.25, -0.2) is 4.68 Å². The summed E-state index contributed by atoms with van der Waals surface area (Å²) in [5.41, 5.74) is 2.02. The molecule has 0 spiro atoms. The SMILES string of the molecule is CCC(CC)c1c(C=O)nnn1-c1ccc(OC)c(OC)c1. The number of hydrogen-bond acceptors (Lipinski definition) is 5. The monoisotopic (exact) mass is 303 g/mol. The highest BCUT2D eigenvalue weighted by molar-refractivity contribution is 5.74. The van der Waals surface area contributed by atoms with E-state index in [0.29, 0.717) is 17.2 Å². The summed E-state index contributed by atoms with van der Waals surface area (Å²) in [6, 6.07) is 5.51. The average molecular weight is 303 g/mol. The molecule has 0 saturated heterocycles. The summed E-state index contributed by atoms with van der Waals surface area (Å²) in [5, 5.41) is 8.14. The maximum atomic E-state index is 11.3. The summed E-state index contributed by atoms with van der Waals surface area (Å²) < 4.78 is 12.3. The average Bonchev–Trinajstić information content (AvgIpc) is 2.99. The lowest BCUT2D eigenvalue weighted by Gasteiger charge is -2.16. The Morgan fingerprint density at radius 1 is 1.18 bits per heavy atom. The number of hydrogen-bond donors (Lipinski definition) is 0. The summed E-state index contributed by atoms with van der Waals surface area (Å²) >= 11 is 0. The molecule has 0 fully saturated rings. The molecule has 0 aliphatic heterocycles. The molecule has 0 unspecified atom stereocenters. The van der Waals surface area contributed by atoms with Crippen LogP contribution in [0.1, 0.15) is 48.8 Å². The van der Waals surface area contributed by atoms with Crippen LogP contribution in [0.25, 0.3) is 5.69 Å². The van der Waals surface area contributed by atoms with Crippen LogP contribution in [-0.2, 0) is 0 Å². The lowest BCUT2D eigenvalue weighted by atomic mass is 9.97. The third-order valence-electron chi connectivity index (χ3n) is 3.83. The van der Waals surface area contributed by atoms with Gasteiger partial charge in [0.1, 0.15) is 5.69 Å². The second kappa shape index (κ2) is 7.06. The Labute approximate surface area is 130 Å². The first-order chi connectivity index (χ1) is 10.7. The highest BCUT2D eigenvalue weighted by atomic mass is 16.5. The van der Waals surface area contributed by atoms with Gasteiger partial charge in [-0.15, -0.1) is 5.10 Å². The van der Waals surface area contributed by atoms with Gasteiger partial charge in [-0.3, -0.25) is 4.79 Å². The van der Waals surface area contributed by atoms with Gasteiger partial charge < -0.3 is 9.47 Å². The van der Waals surface area contributed by atoms with Crippen LogP contribution >= 0.6 is 0 Å². The molecule has 1 aromatic heterocycles. The van der Waals surface area contributed by atoms with Gasteiger partial charge in [-0.2, -0.15) is 0 Å². The van der Waals surface area contributed by atoms with Crippen molar-refractivity contribution in [2.24, 2.45) is 0 Å². The lowest BCUT2D eigenvalue weighted by molar-refractivity contribution is 0.111. The van der Waals surface area contributed by atoms with Gasteiger partial charge in [0, 0.05) is 12.0 Å². The van der Waals surface area contributed by atoms with E-state index < -0.39 is 0 Å². The van der Waals surface area contributed by atoms with Crippen molar-refractivity contribution in [2.45, 2.75) is 32.6 Å². The molecule has 6 heteroatoms. The Morgan fingerprint density at radius 3 is 2.41 bits per heavy atom. The largest absolute Gasteiger partial charge is 0.493 e. The van der Waals surface area contributed by atoms with Crippen molar-refractivity contribution < 1.29 is 14.3 Å². The van der Waals surface area contributed by atoms with Crippen molar-refractivity contribution in [3.05, 3.63) is 29.6 Å². The van der Waals surface area contributed by atoms with Gasteiger partial charge in [-0.1, -0.05) is 19.1 Å².